The minimum atomic E-state index is -0.174. The highest BCUT2D eigenvalue weighted by atomic mass is 16.5. The number of anilines is 1. The van der Waals surface area contributed by atoms with Crippen LogP contribution >= 0.6 is 0 Å². The van der Waals surface area contributed by atoms with E-state index in [2.05, 4.69) is 44.1 Å². The lowest BCUT2D eigenvalue weighted by Crippen LogP contribution is -2.36. The zero-order chi connectivity index (χ0) is 21.8. The molecule has 3 heterocycles. The van der Waals surface area contributed by atoms with Gasteiger partial charge >= 0.3 is 0 Å². The summed E-state index contributed by atoms with van der Waals surface area (Å²) in [5.74, 6) is -0.174. The van der Waals surface area contributed by atoms with E-state index < -0.39 is 0 Å². The van der Waals surface area contributed by atoms with Crippen molar-refractivity contribution in [1.82, 2.24) is 9.97 Å². The number of allylic oxidation sites excluding steroid dienone is 2. The number of H-pyrrole nitrogens is 1. The summed E-state index contributed by atoms with van der Waals surface area (Å²) in [5, 5.41) is 0.789. The molecule has 4 rings (SSSR count). The van der Waals surface area contributed by atoms with E-state index in [4.69, 9.17) is 10.5 Å². The Morgan fingerprint density at radius 1 is 1.26 bits per heavy atom. The zero-order valence-electron chi connectivity index (χ0n) is 17.9. The number of hydrogen-bond donors (Lipinski definition) is 2. The maximum atomic E-state index is 13.0. The van der Waals surface area contributed by atoms with Gasteiger partial charge in [-0.2, -0.15) is 0 Å². The number of aliphatic imine (C=N–C) groups is 1. The Morgan fingerprint density at radius 3 is 2.68 bits per heavy atom. The Bertz CT molecular complexity index is 1130. The second kappa shape index (κ2) is 9.14. The molecule has 1 aromatic carbocycles. The quantitative estimate of drug-likeness (QED) is 0.475. The second-order valence-electron chi connectivity index (χ2n) is 7.71. The van der Waals surface area contributed by atoms with Crippen LogP contribution < -0.4 is 10.6 Å². The number of hydrogen-bond acceptors (Lipinski definition) is 6. The predicted molar refractivity (Wildman–Crippen MR) is 124 cm³/mol. The summed E-state index contributed by atoms with van der Waals surface area (Å²) in [6.45, 7) is 5.13. The molecule has 1 saturated heterocycles. The average molecular weight is 418 g/mol. The molecule has 0 bridgehead atoms. The smallest absolute Gasteiger partial charge is 0.213 e. The lowest BCUT2D eigenvalue weighted by molar-refractivity contribution is 0.106. The molecule has 7 heteroatoms. The van der Waals surface area contributed by atoms with Crippen LogP contribution in [0.1, 0.15) is 28.4 Å². The van der Waals surface area contributed by atoms with Crippen LogP contribution in [0.15, 0.2) is 59.5 Å². The molecule has 0 spiro atoms. The summed E-state index contributed by atoms with van der Waals surface area (Å²) in [4.78, 5) is 27.0. The summed E-state index contributed by atoms with van der Waals surface area (Å²) in [6, 6.07) is 10.6. The van der Waals surface area contributed by atoms with E-state index in [1.54, 1.807) is 26.2 Å². The van der Waals surface area contributed by atoms with Gasteiger partial charge in [0.2, 0.25) is 5.78 Å². The van der Waals surface area contributed by atoms with Crippen molar-refractivity contribution in [3.63, 3.8) is 0 Å². The number of aromatic amines is 1. The third-order valence-corrected chi connectivity index (χ3v) is 5.39. The summed E-state index contributed by atoms with van der Waals surface area (Å²) in [6.07, 6.45) is 5.86. The Balaban J connectivity index is 1.56. The lowest BCUT2D eigenvalue weighted by Gasteiger charge is -2.28. The van der Waals surface area contributed by atoms with Crippen LogP contribution in [0.4, 0.5) is 5.69 Å². The van der Waals surface area contributed by atoms with Crippen LogP contribution in [0.5, 0.6) is 0 Å². The number of nitrogens with two attached hydrogens (primary N) is 1. The molecule has 0 radical (unpaired) electrons. The van der Waals surface area contributed by atoms with E-state index in [-0.39, 0.29) is 5.78 Å². The number of rotatable bonds is 6. The molecule has 0 atom stereocenters. The van der Waals surface area contributed by atoms with Gasteiger partial charge in [-0.3, -0.25) is 9.79 Å². The van der Waals surface area contributed by atoms with Crippen molar-refractivity contribution in [3.8, 4) is 0 Å². The number of aromatic nitrogens is 2. The maximum Gasteiger partial charge on any atom is 0.213 e. The number of nitrogens with one attached hydrogen (secondary N) is 1. The van der Waals surface area contributed by atoms with E-state index in [0.717, 1.165) is 43.7 Å². The first-order valence-corrected chi connectivity index (χ1v) is 10.4. The van der Waals surface area contributed by atoms with Crippen LogP contribution in [-0.4, -0.2) is 54.8 Å². The number of carbonyl (C=O) groups excluding carboxylic acids is 1. The van der Waals surface area contributed by atoms with Crippen molar-refractivity contribution < 1.29 is 9.53 Å². The second-order valence-corrected chi connectivity index (χ2v) is 7.71. The SMILES string of the molecule is CN=C(/C=C(/C)N)C(=O)c1c[nH]c2ncc(Cc3ccc(N4CCOCC4)cc3)cc12. The Labute approximate surface area is 181 Å². The van der Waals surface area contributed by atoms with Crippen LogP contribution in [0.2, 0.25) is 0 Å². The van der Waals surface area contributed by atoms with Gasteiger partial charge in [0, 0.05) is 49.3 Å². The number of ketones is 1. The molecule has 1 aliphatic rings. The predicted octanol–water partition coefficient (Wildman–Crippen LogP) is 3.11. The molecule has 160 valence electrons. The van der Waals surface area contributed by atoms with Crippen molar-refractivity contribution in [3.05, 3.63) is 71.2 Å². The van der Waals surface area contributed by atoms with Crippen LogP contribution in [0, 0.1) is 0 Å². The zero-order valence-corrected chi connectivity index (χ0v) is 17.9. The van der Waals surface area contributed by atoms with E-state index >= 15 is 0 Å². The maximum absolute atomic E-state index is 13.0. The highest BCUT2D eigenvalue weighted by Crippen LogP contribution is 2.22. The molecule has 0 unspecified atom stereocenters. The van der Waals surface area contributed by atoms with Gasteiger partial charge in [0.1, 0.15) is 11.4 Å². The van der Waals surface area contributed by atoms with Crippen LogP contribution in [-0.2, 0) is 11.2 Å². The molecule has 1 fully saturated rings. The number of ether oxygens (including phenoxy) is 1. The van der Waals surface area contributed by atoms with E-state index in [1.165, 1.54) is 11.3 Å². The molecule has 0 aliphatic carbocycles. The van der Waals surface area contributed by atoms with Gasteiger partial charge in [-0.05, 0) is 48.7 Å². The van der Waals surface area contributed by atoms with Crippen molar-refractivity contribution in [2.75, 3.05) is 38.3 Å². The average Bonchev–Trinajstić information content (AvgIpc) is 3.21. The summed E-state index contributed by atoms with van der Waals surface area (Å²) in [5.41, 5.74) is 11.3. The van der Waals surface area contributed by atoms with Gasteiger partial charge in [-0.25, -0.2) is 4.98 Å². The normalized spacial score (nSPS) is 15.5. The monoisotopic (exact) mass is 417 g/mol. The van der Waals surface area contributed by atoms with Crippen LogP contribution in [0.3, 0.4) is 0 Å². The number of Topliss-reactive ketones (excluding diaryl/α,β-unsaturated/α-hetero) is 1. The Morgan fingerprint density at radius 2 is 2.00 bits per heavy atom. The molecular weight excluding hydrogens is 390 g/mol. The minimum Gasteiger partial charge on any atom is -0.402 e. The third-order valence-electron chi connectivity index (χ3n) is 5.39. The molecule has 3 N–H and O–H groups in total. The van der Waals surface area contributed by atoms with E-state index in [9.17, 15) is 4.79 Å². The largest absolute Gasteiger partial charge is 0.402 e. The van der Waals surface area contributed by atoms with Gasteiger partial charge in [0.25, 0.3) is 0 Å². The molecule has 0 saturated carbocycles. The fraction of sp³-hybridized carbons (Fsp3) is 0.292. The number of nitrogens with zero attached hydrogens (tertiary/aromatic N) is 3. The molecule has 3 aromatic rings. The first kappa shape index (κ1) is 20.8. The van der Waals surface area contributed by atoms with Gasteiger partial charge < -0.3 is 20.4 Å². The number of morpholine rings is 1. The minimum absolute atomic E-state index is 0.174. The standard InChI is InChI=1S/C24H27N5O2/c1-16(25)11-22(26-2)23(30)21-15-28-24-20(21)13-18(14-27-24)12-17-3-5-19(6-4-17)29-7-9-31-10-8-29/h3-6,11,13-15H,7-10,12,25H2,1-2H3,(H,27,28)/b16-11-,26-22?. The molecule has 1 aliphatic heterocycles. The Kier molecular flexibility index (Phi) is 6.13. The molecule has 2 aromatic heterocycles. The summed E-state index contributed by atoms with van der Waals surface area (Å²) in [7, 11) is 1.59. The fourth-order valence-electron chi connectivity index (χ4n) is 3.80. The van der Waals surface area contributed by atoms with Crippen molar-refractivity contribution in [2.24, 2.45) is 10.7 Å². The lowest BCUT2D eigenvalue weighted by atomic mass is 10.0. The fourth-order valence-corrected chi connectivity index (χ4v) is 3.80. The molecule has 0 amide bonds. The summed E-state index contributed by atoms with van der Waals surface area (Å²) < 4.78 is 5.43. The van der Waals surface area contributed by atoms with Crippen LogP contribution in [0.25, 0.3) is 11.0 Å². The summed E-state index contributed by atoms with van der Waals surface area (Å²) >= 11 is 0. The number of fused-ring (bicyclic) bond motifs is 1. The topological polar surface area (TPSA) is 96.6 Å². The van der Waals surface area contributed by atoms with Gasteiger partial charge in [0.05, 0.1) is 18.8 Å². The first-order valence-electron chi connectivity index (χ1n) is 10.4. The highest BCUT2D eigenvalue weighted by molar-refractivity contribution is 6.51. The van der Waals surface area contributed by atoms with Crippen molar-refractivity contribution in [1.29, 1.82) is 0 Å². The van der Waals surface area contributed by atoms with Gasteiger partial charge in [-0.15, -0.1) is 0 Å². The number of benzene rings is 1. The van der Waals surface area contributed by atoms with Gasteiger partial charge in [-0.1, -0.05) is 12.1 Å². The van der Waals surface area contributed by atoms with E-state index in [0.29, 0.717) is 22.6 Å². The molecule has 7 nitrogen and oxygen atoms in total. The highest BCUT2D eigenvalue weighted by Gasteiger charge is 2.17. The number of carbonyl (C=O) groups is 1. The molecular formula is C24H27N5O2. The Hall–Kier alpha value is -3.45. The first-order chi connectivity index (χ1) is 15.0. The number of pyridine rings is 1. The molecule has 31 heavy (non-hydrogen) atoms. The van der Waals surface area contributed by atoms with Gasteiger partial charge in [0.15, 0.2) is 0 Å². The van der Waals surface area contributed by atoms with E-state index in [1.807, 2.05) is 12.3 Å². The van der Waals surface area contributed by atoms with Crippen molar-refractivity contribution in [2.45, 2.75) is 13.3 Å². The van der Waals surface area contributed by atoms with Crippen molar-refractivity contribution >= 4 is 28.2 Å². The third kappa shape index (κ3) is 4.67.